The van der Waals surface area contributed by atoms with Gasteiger partial charge in [-0.3, -0.25) is 9.69 Å². The van der Waals surface area contributed by atoms with E-state index < -0.39 is 10.0 Å². The molecule has 0 saturated carbocycles. The van der Waals surface area contributed by atoms with Crippen LogP contribution < -0.4 is 10.0 Å². The van der Waals surface area contributed by atoms with Crippen molar-refractivity contribution in [2.24, 2.45) is 5.14 Å². The van der Waals surface area contributed by atoms with Crippen LogP contribution in [0.2, 0.25) is 0 Å². The first-order valence-electron chi connectivity index (χ1n) is 9.57. The topological polar surface area (TPSA) is 83.7 Å². The third kappa shape index (κ3) is 3.39. The molecule has 3 heterocycles. The highest BCUT2D eigenvalue weighted by atomic mass is 32.2. The number of primary sulfonamides is 1. The minimum atomic E-state index is -3.75. The lowest BCUT2D eigenvalue weighted by atomic mass is 9.98. The van der Waals surface area contributed by atoms with Crippen molar-refractivity contribution in [3.05, 3.63) is 45.6 Å². The van der Waals surface area contributed by atoms with E-state index in [9.17, 15) is 13.2 Å². The van der Waals surface area contributed by atoms with Crippen molar-refractivity contribution in [3.63, 3.8) is 0 Å². The molecule has 8 heteroatoms. The summed E-state index contributed by atoms with van der Waals surface area (Å²) in [7, 11) is -3.75. The van der Waals surface area contributed by atoms with Crippen LogP contribution in [0, 0.1) is 0 Å². The van der Waals surface area contributed by atoms with Gasteiger partial charge in [0.25, 0.3) is 0 Å². The number of nitrogens with two attached hydrogens (primary N) is 1. The molecule has 1 aromatic carbocycles. The van der Waals surface area contributed by atoms with E-state index in [1.54, 1.807) is 23.5 Å². The number of carbonyl (C=O) groups excluding carboxylic acids is 1. The van der Waals surface area contributed by atoms with Gasteiger partial charge in [-0.25, -0.2) is 13.6 Å². The average molecular weight is 420 g/mol. The number of fused-ring (bicyclic) bond motifs is 2. The summed E-state index contributed by atoms with van der Waals surface area (Å²) in [5.74, 6) is 0.0618. The minimum absolute atomic E-state index is 0.000181. The van der Waals surface area contributed by atoms with Crippen LogP contribution in [-0.2, 0) is 27.7 Å². The second-order valence-corrected chi connectivity index (χ2v) is 10.2. The molecule has 4 rings (SSSR count). The lowest BCUT2D eigenvalue weighted by Gasteiger charge is -2.36. The Kier molecular flexibility index (Phi) is 5.07. The quantitative estimate of drug-likeness (QED) is 0.826. The van der Waals surface area contributed by atoms with Gasteiger partial charge in [0.05, 0.1) is 11.4 Å². The van der Waals surface area contributed by atoms with Crippen LogP contribution in [0.25, 0.3) is 0 Å². The number of anilines is 1. The van der Waals surface area contributed by atoms with E-state index in [0.29, 0.717) is 13.0 Å². The predicted molar refractivity (Wildman–Crippen MR) is 111 cm³/mol. The summed E-state index contributed by atoms with van der Waals surface area (Å²) in [6.45, 7) is 5.42. The van der Waals surface area contributed by atoms with Crippen LogP contribution in [0.4, 0.5) is 5.69 Å². The van der Waals surface area contributed by atoms with Gasteiger partial charge < -0.3 is 4.90 Å². The van der Waals surface area contributed by atoms with Crippen molar-refractivity contribution in [3.8, 4) is 0 Å². The fourth-order valence-electron chi connectivity index (χ4n) is 4.53. The van der Waals surface area contributed by atoms with Crippen LogP contribution >= 0.6 is 11.3 Å². The molecular weight excluding hydrogens is 394 g/mol. The number of thiophene rings is 1. The summed E-state index contributed by atoms with van der Waals surface area (Å²) < 4.78 is 23.3. The van der Waals surface area contributed by atoms with Gasteiger partial charge in [-0.15, -0.1) is 11.3 Å². The highest BCUT2D eigenvalue weighted by molar-refractivity contribution is 7.89. The molecule has 2 aromatic rings. The van der Waals surface area contributed by atoms with Gasteiger partial charge in [0.1, 0.15) is 0 Å². The van der Waals surface area contributed by atoms with E-state index in [2.05, 4.69) is 23.3 Å². The maximum Gasteiger partial charge on any atom is 0.241 e. The van der Waals surface area contributed by atoms with E-state index in [-0.39, 0.29) is 22.9 Å². The highest BCUT2D eigenvalue weighted by Crippen LogP contribution is 2.37. The second kappa shape index (κ2) is 7.26. The zero-order valence-electron chi connectivity index (χ0n) is 16.1. The Hall–Kier alpha value is -1.74. The molecule has 1 amide bonds. The van der Waals surface area contributed by atoms with Crippen LogP contribution in [-0.4, -0.2) is 38.4 Å². The molecule has 0 aliphatic carbocycles. The maximum absolute atomic E-state index is 13.2. The third-order valence-corrected chi connectivity index (χ3v) is 7.70. The van der Waals surface area contributed by atoms with Gasteiger partial charge in [0.2, 0.25) is 15.9 Å². The molecule has 2 atom stereocenters. The molecule has 0 radical (unpaired) electrons. The lowest BCUT2D eigenvalue weighted by Crippen LogP contribution is -2.45. The first-order chi connectivity index (χ1) is 13.3. The van der Waals surface area contributed by atoms with Gasteiger partial charge in [-0.05, 0) is 67.0 Å². The Labute approximate surface area is 170 Å². The van der Waals surface area contributed by atoms with Gasteiger partial charge in [0, 0.05) is 29.2 Å². The normalized spacial score (nSPS) is 22.2. The Morgan fingerprint density at radius 3 is 2.82 bits per heavy atom. The molecule has 0 spiro atoms. The number of carbonyl (C=O) groups is 1. The molecule has 0 bridgehead atoms. The van der Waals surface area contributed by atoms with Gasteiger partial charge in [-0.1, -0.05) is 6.92 Å². The molecule has 28 heavy (non-hydrogen) atoms. The van der Waals surface area contributed by atoms with Crippen LogP contribution in [0.15, 0.2) is 34.5 Å². The van der Waals surface area contributed by atoms with Gasteiger partial charge >= 0.3 is 0 Å². The maximum atomic E-state index is 13.2. The molecule has 1 aromatic heterocycles. The van der Waals surface area contributed by atoms with Crippen LogP contribution in [0.3, 0.4) is 0 Å². The molecule has 150 valence electrons. The summed E-state index contributed by atoms with van der Waals surface area (Å²) in [6.07, 6.45) is 2.60. The SMILES string of the molecule is CCC1c2ccsc2CCN1CC(=O)N1c2ccc(S(N)(=O)=O)cc2CC1C. The second-order valence-electron chi connectivity index (χ2n) is 7.60. The van der Waals surface area contributed by atoms with E-state index in [1.165, 1.54) is 16.5 Å². The number of sulfonamides is 1. The van der Waals surface area contributed by atoms with E-state index in [1.807, 2.05) is 11.8 Å². The van der Waals surface area contributed by atoms with Crippen molar-refractivity contribution in [2.45, 2.75) is 50.1 Å². The Balaban J connectivity index is 1.57. The first-order valence-corrected chi connectivity index (χ1v) is 12.0. The van der Waals surface area contributed by atoms with Crippen molar-refractivity contribution in [2.75, 3.05) is 18.0 Å². The van der Waals surface area contributed by atoms with E-state index in [4.69, 9.17) is 5.14 Å². The molecule has 2 aliphatic rings. The first kappa shape index (κ1) is 19.6. The summed E-state index contributed by atoms with van der Waals surface area (Å²) in [6, 6.07) is 7.26. The van der Waals surface area contributed by atoms with Crippen molar-refractivity contribution >= 4 is 33.0 Å². The molecule has 0 fully saturated rings. The molecule has 0 saturated heterocycles. The number of nitrogens with zero attached hydrogens (tertiary/aromatic N) is 2. The highest BCUT2D eigenvalue weighted by Gasteiger charge is 2.35. The van der Waals surface area contributed by atoms with Crippen molar-refractivity contribution in [1.82, 2.24) is 4.90 Å². The number of hydrogen-bond acceptors (Lipinski definition) is 5. The van der Waals surface area contributed by atoms with Crippen LogP contribution in [0.5, 0.6) is 0 Å². The Bertz CT molecular complexity index is 1020. The number of hydrogen-bond donors (Lipinski definition) is 1. The van der Waals surface area contributed by atoms with Gasteiger partial charge in [-0.2, -0.15) is 0 Å². The number of benzene rings is 1. The fourth-order valence-corrected chi connectivity index (χ4v) is 6.02. The van der Waals surface area contributed by atoms with Gasteiger partial charge in [0.15, 0.2) is 0 Å². The smallest absolute Gasteiger partial charge is 0.241 e. The van der Waals surface area contributed by atoms with Crippen molar-refractivity contribution in [1.29, 1.82) is 0 Å². The molecule has 6 nitrogen and oxygen atoms in total. The number of amides is 1. The van der Waals surface area contributed by atoms with E-state index >= 15 is 0 Å². The fraction of sp³-hybridized carbons (Fsp3) is 0.450. The van der Waals surface area contributed by atoms with E-state index in [0.717, 1.165) is 30.6 Å². The largest absolute Gasteiger partial charge is 0.308 e. The minimum Gasteiger partial charge on any atom is -0.308 e. The Morgan fingerprint density at radius 2 is 2.11 bits per heavy atom. The lowest BCUT2D eigenvalue weighted by molar-refractivity contribution is -0.120. The third-order valence-electron chi connectivity index (χ3n) is 5.79. The molecule has 2 unspecified atom stereocenters. The zero-order valence-corrected chi connectivity index (χ0v) is 17.7. The summed E-state index contributed by atoms with van der Waals surface area (Å²) in [5.41, 5.74) is 3.02. The van der Waals surface area contributed by atoms with Crippen molar-refractivity contribution < 1.29 is 13.2 Å². The number of rotatable bonds is 4. The summed E-state index contributed by atoms with van der Waals surface area (Å²) >= 11 is 1.80. The predicted octanol–water partition coefficient (Wildman–Crippen LogP) is 2.68. The molecular formula is C20H25N3O3S2. The zero-order chi connectivity index (χ0) is 20.1. The molecule has 2 aliphatic heterocycles. The summed E-state index contributed by atoms with van der Waals surface area (Å²) in [5, 5.41) is 7.39. The Morgan fingerprint density at radius 1 is 1.32 bits per heavy atom. The standard InChI is InChI=1S/C20H25N3O3S2/c1-3-17-16-7-9-27-19(16)6-8-22(17)12-20(24)23-13(2)10-14-11-15(28(21,25)26)4-5-18(14)23/h4-5,7,9,11,13,17H,3,6,8,10,12H2,1-2H3,(H2,21,25,26). The van der Waals surface area contributed by atoms with Crippen LogP contribution in [0.1, 0.15) is 42.3 Å². The monoisotopic (exact) mass is 419 g/mol. The molecule has 2 N–H and O–H groups in total. The summed E-state index contributed by atoms with van der Waals surface area (Å²) in [4.78, 5) is 18.9. The average Bonchev–Trinajstić information content (AvgIpc) is 3.23.